The van der Waals surface area contributed by atoms with Gasteiger partial charge in [0.15, 0.2) is 0 Å². The predicted octanol–water partition coefficient (Wildman–Crippen LogP) is 8.04. The summed E-state index contributed by atoms with van der Waals surface area (Å²) in [4.78, 5) is 7.20. The van der Waals surface area contributed by atoms with Gasteiger partial charge in [-0.1, -0.05) is 54.6 Å². The van der Waals surface area contributed by atoms with Crippen LogP contribution in [0.15, 0.2) is 89.1 Å². The Kier molecular flexibility index (Phi) is 8.77. The average Bonchev–Trinajstić information content (AvgIpc) is 3.05. The van der Waals surface area contributed by atoms with Crippen molar-refractivity contribution in [2.75, 3.05) is 25.5 Å². The summed E-state index contributed by atoms with van der Waals surface area (Å²) in [6.45, 7) is 13.0. The lowest BCUT2D eigenvalue weighted by Gasteiger charge is -2.20. The first-order valence-electron chi connectivity index (χ1n) is 13.3. The maximum atomic E-state index is 4.77. The van der Waals surface area contributed by atoms with Crippen LogP contribution in [0.2, 0.25) is 0 Å². The normalized spacial score (nSPS) is 18.6. The van der Waals surface area contributed by atoms with E-state index in [0.29, 0.717) is 0 Å². The van der Waals surface area contributed by atoms with Crippen molar-refractivity contribution in [1.82, 2.24) is 4.90 Å². The minimum absolute atomic E-state index is 0.875. The van der Waals surface area contributed by atoms with Crippen LogP contribution in [0.25, 0.3) is 5.57 Å². The van der Waals surface area contributed by atoms with E-state index < -0.39 is 0 Å². The second kappa shape index (κ2) is 12.2. The number of aryl methyl sites for hydroxylation is 3. The van der Waals surface area contributed by atoms with Gasteiger partial charge in [0.1, 0.15) is 5.84 Å². The number of amidine groups is 1. The molecule has 0 spiro atoms. The Morgan fingerprint density at radius 2 is 1.72 bits per heavy atom. The molecule has 1 aliphatic heterocycles. The molecule has 36 heavy (non-hydrogen) atoms. The van der Waals surface area contributed by atoms with E-state index in [2.05, 4.69) is 92.3 Å². The van der Waals surface area contributed by atoms with Crippen LogP contribution >= 0.6 is 0 Å². The molecule has 0 radical (unpaired) electrons. The molecule has 1 aliphatic carbocycles. The van der Waals surface area contributed by atoms with E-state index in [-0.39, 0.29) is 0 Å². The van der Waals surface area contributed by atoms with Crippen molar-refractivity contribution in [3.8, 4) is 0 Å². The van der Waals surface area contributed by atoms with Gasteiger partial charge >= 0.3 is 0 Å². The van der Waals surface area contributed by atoms with E-state index in [4.69, 9.17) is 4.99 Å². The first-order valence-corrected chi connectivity index (χ1v) is 13.3. The number of hydrogen-bond acceptors (Lipinski definition) is 2. The van der Waals surface area contributed by atoms with Gasteiger partial charge in [0.2, 0.25) is 0 Å². The highest BCUT2D eigenvalue weighted by Crippen LogP contribution is 2.35. The van der Waals surface area contributed by atoms with Crippen LogP contribution in [-0.2, 0) is 6.42 Å². The molecule has 2 aromatic carbocycles. The summed E-state index contributed by atoms with van der Waals surface area (Å²) < 4.78 is 0. The minimum Gasteiger partial charge on any atom is -0.344 e. The van der Waals surface area contributed by atoms with E-state index >= 15 is 0 Å². The largest absolute Gasteiger partial charge is 0.344 e. The van der Waals surface area contributed by atoms with Crippen molar-refractivity contribution < 1.29 is 0 Å². The maximum absolute atomic E-state index is 4.77. The average molecular weight is 480 g/mol. The molecule has 0 atom stereocenters. The van der Waals surface area contributed by atoms with Crippen molar-refractivity contribution in [2.24, 2.45) is 4.99 Å². The second-order valence-corrected chi connectivity index (χ2v) is 10.4. The lowest BCUT2D eigenvalue weighted by Crippen LogP contribution is -2.18. The standard InChI is InChI=1S/C33H41N3/c1-24-20-25(2)22-31(21-24)35-27(4)34-23-33-26(3)8-6-10-32(33)30-15-13-29(14-16-30)12-11-28-9-7-18-36(5)19-17-28/h9-10,13-16,20-23H,3,6-8,11-12,17-19H2,1-2,4-5H3,(H,34,35)/b33-23+. The number of nitrogens with one attached hydrogen (secondary N) is 1. The fourth-order valence-corrected chi connectivity index (χ4v) is 5.13. The Morgan fingerprint density at radius 3 is 2.47 bits per heavy atom. The lowest BCUT2D eigenvalue weighted by atomic mass is 9.86. The third-order valence-corrected chi connectivity index (χ3v) is 7.16. The SMILES string of the molecule is C=C1CCC=C(c2ccc(CCC3=CCCN(C)CC3)cc2)/C1=C/N=C(C)Nc1cc(C)cc(C)c1. The fraction of sp³-hybridized carbons (Fsp3) is 0.364. The molecule has 4 rings (SSSR count). The molecule has 0 saturated heterocycles. The Labute approximate surface area is 218 Å². The van der Waals surface area contributed by atoms with Crippen molar-refractivity contribution in [1.29, 1.82) is 0 Å². The van der Waals surface area contributed by atoms with Crippen LogP contribution in [0.1, 0.15) is 61.3 Å². The number of aliphatic imine (C=N–C) groups is 1. The molecular formula is C33H41N3. The van der Waals surface area contributed by atoms with Crippen LogP contribution < -0.4 is 5.32 Å². The Bertz CT molecular complexity index is 1190. The zero-order chi connectivity index (χ0) is 25.5. The Hall–Kier alpha value is -3.17. The van der Waals surface area contributed by atoms with Crippen LogP contribution in [-0.4, -0.2) is 30.9 Å². The first kappa shape index (κ1) is 25.9. The molecule has 188 valence electrons. The summed E-state index contributed by atoms with van der Waals surface area (Å²) >= 11 is 0. The molecular weight excluding hydrogens is 438 g/mol. The number of benzene rings is 2. The highest BCUT2D eigenvalue weighted by Gasteiger charge is 2.16. The van der Waals surface area contributed by atoms with E-state index in [1.165, 1.54) is 60.2 Å². The van der Waals surface area contributed by atoms with E-state index in [0.717, 1.165) is 41.9 Å². The summed E-state index contributed by atoms with van der Waals surface area (Å²) in [6, 6.07) is 15.6. The summed E-state index contributed by atoms with van der Waals surface area (Å²) in [7, 11) is 2.22. The fourth-order valence-electron chi connectivity index (χ4n) is 5.13. The maximum Gasteiger partial charge on any atom is 0.103 e. The predicted molar refractivity (Wildman–Crippen MR) is 157 cm³/mol. The molecule has 0 bridgehead atoms. The van der Waals surface area contributed by atoms with Crippen molar-refractivity contribution >= 4 is 17.1 Å². The van der Waals surface area contributed by atoms with Gasteiger partial charge in [0.25, 0.3) is 0 Å². The summed E-state index contributed by atoms with van der Waals surface area (Å²) in [5.74, 6) is 0.875. The van der Waals surface area contributed by atoms with Crippen LogP contribution in [0.4, 0.5) is 5.69 Å². The molecule has 0 amide bonds. The molecule has 0 unspecified atom stereocenters. The van der Waals surface area contributed by atoms with E-state index in [9.17, 15) is 0 Å². The topological polar surface area (TPSA) is 27.6 Å². The lowest BCUT2D eigenvalue weighted by molar-refractivity contribution is 0.352. The second-order valence-electron chi connectivity index (χ2n) is 10.4. The van der Waals surface area contributed by atoms with E-state index in [1.54, 1.807) is 5.57 Å². The number of nitrogens with zero attached hydrogens (tertiary/aromatic N) is 2. The number of rotatable bonds is 6. The van der Waals surface area contributed by atoms with Gasteiger partial charge in [0.05, 0.1) is 0 Å². The Balaban J connectivity index is 1.44. The zero-order valence-electron chi connectivity index (χ0n) is 22.5. The summed E-state index contributed by atoms with van der Waals surface area (Å²) in [5.41, 5.74) is 11.4. The van der Waals surface area contributed by atoms with Gasteiger partial charge in [-0.2, -0.15) is 0 Å². The molecule has 2 aromatic rings. The first-order chi connectivity index (χ1) is 17.4. The monoisotopic (exact) mass is 479 g/mol. The number of hydrogen-bond donors (Lipinski definition) is 1. The molecule has 3 heteroatoms. The van der Waals surface area contributed by atoms with Gasteiger partial charge in [0, 0.05) is 30.5 Å². The van der Waals surface area contributed by atoms with Gasteiger partial charge < -0.3 is 10.2 Å². The number of allylic oxidation sites excluding steroid dienone is 4. The molecule has 1 heterocycles. The van der Waals surface area contributed by atoms with Crippen molar-refractivity contribution in [3.05, 3.63) is 106 Å². The van der Waals surface area contributed by atoms with E-state index in [1.807, 2.05) is 13.1 Å². The molecule has 0 aromatic heterocycles. The van der Waals surface area contributed by atoms with Crippen LogP contribution in [0.3, 0.4) is 0 Å². The van der Waals surface area contributed by atoms with Gasteiger partial charge in [-0.05, 0) is 112 Å². The van der Waals surface area contributed by atoms with Gasteiger partial charge in [-0.3, -0.25) is 0 Å². The quantitative estimate of drug-likeness (QED) is 0.258. The zero-order valence-corrected chi connectivity index (χ0v) is 22.5. The minimum atomic E-state index is 0.875. The highest BCUT2D eigenvalue weighted by molar-refractivity contribution is 5.94. The summed E-state index contributed by atoms with van der Waals surface area (Å²) in [6.07, 6.45) is 13.5. The van der Waals surface area contributed by atoms with Gasteiger partial charge in [-0.25, -0.2) is 4.99 Å². The summed E-state index contributed by atoms with van der Waals surface area (Å²) in [5, 5.41) is 3.44. The van der Waals surface area contributed by atoms with Crippen molar-refractivity contribution in [3.63, 3.8) is 0 Å². The van der Waals surface area contributed by atoms with Crippen molar-refractivity contribution in [2.45, 2.75) is 59.3 Å². The molecule has 1 N–H and O–H groups in total. The highest BCUT2D eigenvalue weighted by atomic mass is 15.1. The third kappa shape index (κ3) is 7.18. The molecule has 0 saturated carbocycles. The number of anilines is 1. The van der Waals surface area contributed by atoms with Crippen LogP contribution in [0, 0.1) is 13.8 Å². The van der Waals surface area contributed by atoms with Gasteiger partial charge in [-0.15, -0.1) is 0 Å². The molecule has 0 fully saturated rings. The molecule has 2 aliphatic rings. The molecule has 3 nitrogen and oxygen atoms in total. The van der Waals surface area contributed by atoms with Crippen LogP contribution in [0.5, 0.6) is 0 Å². The third-order valence-electron chi connectivity index (χ3n) is 7.16. The smallest absolute Gasteiger partial charge is 0.103 e. The Morgan fingerprint density at radius 1 is 0.972 bits per heavy atom.